The zero-order chi connectivity index (χ0) is 13.2. The summed E-state index contributed by atoms with van der Waals surface area (Å²) in [5, 5.41) is 3.29. The molecule has 0 spiro atoms. The highest BCUT2D eigenvalue weighted by molar-refractivity contribution is 7.17. The lowest BCUT2D eigenvalue weighted by Gasteiger charge is -2.13. The van der Waals surface area contributed by atoms with Gasteiger partial charge in [-0.15, -0.1) is 11.3 Å². The summed E-state index contributed by atoms with van der Waals surface area (Å²) in [5.74, 6) is -0.209. The summed E-state index contributed by atoms with van der Waals surface area (Å²) in [6, 6.07) is 14.8. The number of fused-ring (bicyclic) bond motifs is 1. The van der Waals surface area contributed by atoms with E-state index >= 15 is 0 Å². The molecule has 1 heterocycles. The molecule has 19 heavy (non-hydrogen) atoms. The fraction of sp³-hybridized carbons (Fsp3) is 0.125. The van der Waals surface area contributed by atoms with Gasteiger partial charge < -0.3 is 5.73 Å². The second kappa shape index (κ2) is 5.11. The third-order valence-corrected chi connectivity index (χ3v) is 4.23. The Bertz CT molecular complexity index is 705. The molecule has 0 aliphatic rings. The minimum atomic E-state index is -0.209. The van der Waals surface area contributed by atoms with E-state index in [9.17, 15) is 4.39 Å². The molecule has 3 aromatic rings. The Morgan fingerprint density at radius 2 is 1.95 bits per heavy atom. The van der Waals surface area contributed by atoms with Crippen LogP contribution in [0.2, 0.25) is 0 Å². The highest BCUT2D eigenvalue weighted by Crippen LogP contribution is 2.29. The van der Waals surface area contributed by atoms with Crippen LogP contribution in [0.4, 0.5) is 4.39 Å². The van der Waals surface area contributed by atoms with Crippen LogP contribution < -0.4 is 5.73 Å². The summed E-state index contributed by atoms with van der Waals surface area (Å²) < 4.78 is 14.4. The Morgan fingerprint density at radius 1 is 1.11 bits per heavy atom. The Labute approximate surface area is 115 Å². The summed E-state index contributed by atoms with van der Waals surface area (Å²) in [6.07, 6.45) is 0.648. The zero-order valence-electron chi connectivity index (χ0n) is 10.3. The van der Waals surface area contributed by atoms with Crippen LogP contribution in [0.1, 0.15) is 17.2 Å². The first-order valence-corrected chi connectivity index (χ1v) is 7.08. The van der Waals surface area contributed by atoms with Gasteiger partial charge in [0.15, 0.2) is 0 Å². The summed E-state index contributed by atoms with van der Waals surface area (Å²) in [4.78, 5) is 0. The lowest BCUT2D eigenvalue weighted by Crippen LogP contribution is -2.13. The predicted octanol–water partition coefficient (Wildman–Crippen LogP) is 4.28. The average molecular weight is 271 g/mol. The number of thiophene rings is 1. The van der Waals surface area contributed by atoms with E-state index in [0.717, 1.165) is 11.1 Å². The first-order valence-electron chi connectivity index (χ1n) is 6.20. The van der Waals surface area contributed by atoms with E-state index in [4.69, 9.17) is 5.73 Å². The molecule has 3 heteroatoms. The van der Waals surface area contributed by atoms with Crippen molar-refractivity contribution in [3.8, 4) is 0 Å². The van der Waals surface area contributed by atoms with Gasteiger partial charge in [0.2, 0.25) is 0 Å². The topological polar surface area (TPSA) is 26.0 Å². The molecule has 3 rings (SSSR count). The van der Waals surface area contributed by atoms with Crippen molar-refractivity contribution in [2.45, 2.75) is 12.5 Å². The van der Waals surface area contributed by atoms with Crippen LogP contribution in [0.3, 0.4) is 0 Å². The molecule has 0 saturated heterocycles. The van der Waals surface area contributed by atoms with E-state index in [0.29, 0.717) is 6.42 Å². The van der Waals surface area contributed by atoms with Gasteiger partial charge in [0.1, 0.15) is 5.82 Å². The molecule has 2 N–H and O–H groups in total. The zero-order valence-corrected chi connectivity index (χ0v) is 11.2. The van der Waals surface area contributed by atoms with Crippen molar-refractivity contribution in [2.24, 2.45) is 5.73 Å². The first kappa shape index (κ1) is 12.3. The molecule has 0 amide bonds. The van der Waals surface area contributed by atoms with Gasteiger partial charge in [0.05, 0.1) is 0 Å². The molecule has 1 nitrogen and oxygen atoms in total. The van der Waals surface area contributed by atoms with Crippen LogP contribution in [-0.2, 0) is 6.42 Å². The molecule has 0 aliphatic heterocycles. The Kier molecular flexibility index (Phi) is 3.32. The molecule has 0 saturated carbocycles. The van der Waals surface area contributed by atoms with Gasteiger partial charge in [-0.05, 0) is 46.5 Å². The van der Waals surface area contributed by atoms with Crippen LogP contribution in [-0.4, -0.2) is 0 Å². The summed E-state index contributed by atoms with van der Waals surface area (Å²) in [5.41, 5.74) is 8.35. The molecule has 0 bridgehead atoms. The molecule has 0 fully saturated rings. The summed E-state index contributed by atoms with van der Waals surface area (Å²) in [7, 11) is 0. The van der Waals surface area contributed by atoms with Crippen molar-refractivity contribution in [3.63, 3.8) is 0 Å². The maximum Gasteiger partial charge on any atom is 0.123 e. The predicted molar refractivity (Wildman–Crippen MR) is 78.9 cm³/mol. The molecule has 1 aromatic heterocycles. The van der Waals surface area contributed by atoms with Crippen molar-refractivity contribution < 1.29 is 4.39 Å². The standard InChI is InChI=1S/C16H14FNS/c17-13-5-1-3-11(9-13)10-15(18)14-6-2-4-12-7-8-19-16(12)14/h1-9,15H,10,18H2. The minimum Gasteiger partial charge on any atom is -0.324 e. The Morgan fingerprint density at radius 3 is 2.79 bits per heavy atom. The molecule has 0 radical (unpaired) electrons. The van der Waals surface area contributed by atoms with Crippen LogP contribution in [0, 0.1) is 5.82 Å². The number of rotatable bonds is 3. The van der Waals surface area contributed by atoms with E-state index in [-0.39, 0.29) is 11.9 Å². The lowest BCUT2D eigenvalue weighted by molar-refractivity contribution is 0.622. The van der Waals surface area contributed by atoms with Crippen molar-refractivity contribution >= 4 is 21.4 Å². The van der Waals surface area contributed by atoms with E-state index in [1.54, 1.807) is 23.5 Å². The number of hydrogen-bond donors (Lipinski definition) is 1. The fourth-order valence-corrected chi connectivity index (χ4v) is 3.31. The molecule has 0 aliphatic carbocycles. The molecular formula is C16H14FNS. The van der Waals surface area contributed by atoms with E-state index in [2.05, 4.69) is 23.6 Å². The van der Waals surface area contributed by atoms with Crippen molar-refractivity contribution in [2.75, 3.05) is 0 Å². The van der Waals surface area contributed by atoms with Crippen LogP contribution in [0.5, 0.6) is 0 Å². The van der Waals surface area contributed by atoms with Crippen molar-refractivity contribution in [1.82, 2.24) is 0 Å². The van der Waals surface area contributed by atoms with E-state index in [1.165, 1.54) is 16.2 Å². The lowest BCUT2D eigenvalue weighted by atomic mass is 9.99. The van der Waals surface area contributed by atoms with Crippen molar-refractivity contribution in [1.29, 1.82) is 0 Å². The van der Waals surface area contributed by atoms with E-state index in [1.807, 2.05) is 12.1 Å². The third kappa shape index (κ3) is 2.53. The monoisotopic (exact) mass is 271 g/mol. The number of hydrogen-bond acceptors (Lipinski definition) is 2. The van der Waals surface area contributed by atoms with Gasteiger partial charge in [-0.2, -0.15) is 0 Å². The second-order valence-electron chi connectivity index (χ2n) is 4.63. The van der Waals surface area contributed by atoms with Crippen LogP contribution >= 0.6 is 11.3 Å². The van der Waals surface area contributed by atoms with Gasteiger partial charge in [-0.1, -0.05) is 30.3 Å². The minimum absolute atomic E-state index is 0.107. The van der Waals surface area contributed by atoms with Gasteiger partial charge in [-0.3, -0.25) is 0 Å². The third-order valence-electron chi connectivity index (χ3n) is 3.25. The maximum absolute atomic E-state index is 13.2. The molecule has 1 unspecified atom stereocenters. The van der Waals surface area contributed by atoms with Gasteiger partial charge >= 0.3 is 0 Å². The number of benzene rings is 2. The highest BCUT2D eigenvalue weighted by atomic mass is 32.1. The SMILES string of the molecule is NC(Cc1cccc(F)c1)c1cccc2ccsc12. The van der Waals surface area contributed by atoms with Crippen molar-refractivity contribution in [3.05, 3.63) is 70.9 Å². The summed E-state index contributed by atoms with van der Waals surface area (Å²) in [6.45, 7) is 0. The molecule has 2 aromatic carbocycles. The molecule has 1 atom stereocenters. The number of halogens is 1. The Hall–Kier alpha value is -1.71. The van der Waals surface area contributed by atoms with Crippen LogP contribution in [0.25, 0.3) is 10.1 Å². The largest absolute Gasteiger partial charge is 0.324 e. The quantitative estimate of drug-likeness (QED) is 0.756. The Balaban J connectivity index is 1.91. The van der Waals surface area contributed by atoms with Gasteiger partial charge in [-0.25, -0.2) is 4.39 Å². The molecule has 96 valence electrons. The number of nitrogens with two attached hydrogens (primary N) is 1. The van der Waals surface area contributed by atoms with Crippen LogP contribution in [0.15, 0.2) is 53.9 Å². The first-order chi connectivity index (χ1) is 9.24. The molecular weight excluding hydrogens is 257 g/mol. The normalized spacial score (nSPS) is 12.7. The maximum atomic E-state index is 13.2. The van der Waals surface area contributed by atoms with Gasteiger partial charge in [0.25, 0.3) is 0 Å². The summed E-state index contributed by atoms with van der Waals surface area (Å²) >= 11 is 1.70. The smallest absolute Gasteiger partial charge is 0.123 e. The highest BCUT2D eigenvalue weighted by Gasteiger charge is 2.11. The van der Waals surface area contributed by atoms with Gasteiger partial charge in [0, 0.05) is 10.7 Å². The fourth-order valence-electron chi connectivity index (χ4n) is 2.34. The van der Waals surface area contributed by atoms with E-state index < -0.39 is 0 Å². The second-order valence-corrected chi connectivity index (χ2v) is 5.54. The average Bonchev–Trinajstić information content (AvgIpc) is 2.86.